The number of carbonyl (C=O) groups excluding carboxylic acids is 1. The summed E-state index contributed by atoms with van der Waals surface area (Å²) in [5.74, 6) is -0.243. The molecule has 1 rings (SSSR count). The van der Waals surface area contributed by atoms with Crippen LogP contribution in [0.5, 0.6) is 0 Å². The summed E-state index contributed by atoms with van der Waals surface area (Å²) in [6.07, 6.45) is 3.09. The molecule has 1 fully saturated rings. The van der Waals surface area contributed by atoms with Crippen LogP contribution in [0.15, 0.2) is 11.8 Å². The van der Waals surface area contributed by atoms with Crippen LogP contribution in [0.25, 0.3) is 0 Å². The topological polar surface area (TPSA) is 44.8 Å². The van der Waals surface area contributed by atoms with E-state index in [1.54, 1.807) is 13.0 Å². The number of hydrogen-bond donors (Lipinski definition) is 0. The molecule has 0 saturated carbocycles. The smallest absolute Gasteiger partial charge is 0.373 e. The van der Waals surface area contributed by atoms with Gasteiger partial charge in [0.25, 0.3) is 0 Å². The summed E-state index contributed by atoms with van der Waals surface area (Å²) in [5, 5.41) is 0. The van der Waals surface area contributed by atoms with Crippen LogP contribution in [0.4, 0.5) is 0 Å². The minimum absolute atomic E-state index is 0.217. The first-order valence-corrected chi connectivity index (χ1v) is 4.30. The van der Waals surface area contributed by atoms with Crippen molar-refractivity contribution in [2.24, 2.45) is 0 Å². The highest BCUT2D eigenvalue weighted by molar-refractivity contribution is 5.85. The summed E-state index contributed by atoms with van der Waals surface area (Å²) in [6, 6.07) is 0. The predicted molar refractivity (Wildman–Crippen MR) is 45.8 cm³/mol. The Labute approximate surface area is 77.5 Å². The zero-order chi connectivity index (χ0) is 9.68. The minimum atomic E-state index is -0.460. The number of rotatable bonds is 3. The maximum Gasteiger partial charge on any atom is 0.373 e. The standard InChI is InChI=1S/C9H14O4/c1-3-7(9(10)11-2)13-8-5-4-6-12-8/h3,8H,4-6H2,1-2H3/b7-3+/t8-/m1/s1. The molecular weight excluding hydrogens is 172 g/mol. The van der Waals surface area contributed by atoms with Crippen molar-refractivity contribution >= 4 is 5.97 Å². The Balaban J connectivity index is 2.44. The number of hydrogen-bond acceptors (Lipinski definition) is 4. The van der Waals surface area contributed by atoms with Crippen LogP contribution in [0, 0.1) is 0 Å². The van der Waals surface area contributed by atoms with Gasteiger partial charge in [-0.15, -0.1) is 0 Å². The lowest BCUT2D eigenvalue weighted by atomic mass is 10.3. The monoisotopic (exact) mass is 186 g/mol. The normalized spacial score (nSPS) is 22.9. The van der Waals surface area contributed by atoms with E-state index in [9.17, 15) is 4.79 Å². The molecule has 0 N–H and O–H groups in total. The van der Waals surface area contributed by atoms with E-state index in [2.05, 4.69) is 4.74 Å². The van der Waals surface area contributed by atoms with E-state index >= 15 is 0 Å². The molecule has 4 nitrogen and oxygen atoms in total. The molecule has 4 heteroatoms. The van der Waals surface area contributed by atoms with Gasteiger partial charge < -0.3 is 14.2 Å². The van der Waals surface area contributed by atoms with E-state index in [0.29, 0.717) is 6.61 Å². The summed E-state index contributed by atoms with van der Waals surface area (Å²) in [7, 11) is 1.32. The molecule has 0 radical (unpaired) electrons. The Bertz CT molecular complexity index is 204. The van der Waals surface area contributed by atoms with E-state index in [1.165, 1.54) is 7.11 Å². The third kappa shape index (κ3) is 2.73. The quantitative estimate of drug-likeness (QED) is 0.377. The zero-order valence-corrected chi connectivity index (χ0v) is 7.91. The fraction of sp³-hybridized carbons (Fsp3) is 0.667. The van der Waals surface area contributed by atoms with Gasteiger partial charge in [0.05, 0.1) is 13.7 Å². The highest BCUT2D eigenvalue weighted by Gasteiger charge is 2.21. The van der Waals surface area contributed by atoms with Crippen LogP contribution in [0.2, 0.25) is 0 Å². The molecule has 1 aliphatic heterocycles. The van der Waals surface area contributed by atoms with Crippen LogP contribution in [-0.2, 0) is 19.0 Å². The van der Waals surface area contributed by atoms with Crippen LogP contribution < -0.4 is 0 Å². The molecule has 1 saturated heterocycles. The Morgan fingerprint density at radius 1 is 1.62 bits per heavy atom. The summed E-state index contributed by atoms with van der Waals surface area (Å²) in [4.78, 5) is 11.1. The molecule has 0 aromatic carbocycles. The molecular formula is C9H14O4. The van der Waals surface area contributed by atoms with Crippen molar-refractivity contribution in [2.75, 3.05) is 13.7 Å². The first-order valence-electron chi connectivity index (χ1n) is 4.30. The lowest BCUT2D eigenvalue weighted by Gasteiger charge is -2.13. The predicted octanol–water partition coefficient (Wildman–Crippen LogP) is 1.22. The first kappa shape index (κ1) is 10.1. The van der Waals surface area contributed by atoms with Gasteiger partial charge in [0, 0.05) is 6.42 Å². The summed E-state index contributed by atoms with van der Waals surface area (Å²) in [5.41, 5.74) is 0. The van der Waals surface area contributed by atoms with Crippen molar-refractivity contribution in [1.82, 2.24) is 0 Å². The van der Waals surface area contributed by atoms with Gasteiger partial charge in [-0.3, -0.25) is 0 Å². The molecule has 0 aromatic heterocycles. The number of allylic oxidation sites excluding steroid dienone is 1. The second-order valence-electron chi connectivity index (χ2n) is 2.70. The molecule has 0 unspecified atom stereocenters. The third-order valence-electron chi connectivity index (χ3n) is 1.80. The van der Waals surface area contributed by atoms with Crippen molar-refractivity contribution in [3.8, 4) is 0 Å². The van der Waals surface area contributed by atoms with Crippen molar-refractivity contribution < 1.29 is 19.0 Å². The summed E-state index contributed by atoms with van der Waals surface area (Å²) in [6.45, 7) is 2.42. The molecule has 1 heterocycles. The van der Waals surface area contributed by atoms with E-state index in [0.717, 1.165) is 12.8 Å². The molecule has 1 atom stereocenters. The largest absolute Gasteiger partial charge is 0.463 e. The molecule has 13 heavy (non-hydrogen) atoms. The van der Waals surface area contributed by atoms with Gasteiger partial charge in [0.1, 0.15) is 0 Å². The highest BCUT2D eigenvalue weighted by atomic mass is 16.7. The van der Waals surface area contributed by atoms with Crippen LogP contribution >= 0.6 is 0 Å². The van der Waals surface area contributed by atoms with Gasteiger partial charge in [0.2, 0.25) is 5.76 Å². The van der Waals surface area contributed by atoms with Crippen molar-refractivity contribution in [3.05, 3.63) is 11.8 Å². The van der Waals surface area contributed by atoms with E-state index in [4.69, 9.17) is 9.47 Å². The third-order valence-corrected chi connectivity index (χ3v) is 1.80. The zero-order valence-electron chi connectivity index (χ0n) is 7.91. The molecule has 1 aliphatic rings. The average Bonchev–Trinajstić information content (AvgIpc) is 2.65. The lowest BCUT2D eigenvalue weighted by Crippen LogP contribution is -2.16. The Kier molecular flexibility index (Phi) is 3.76. The number of methoxy groups -OCH3 is 1. The number of esters is 1. The fourth-order valence-electron chi connectivity index (χ4n) is 1.12. The Hall–Kier alpha value is -1.03. The molecule has 0 spiro atoms. The van der Waals surface area contributed by atoms with Crippen LogP contribution in [-0.4, -0.2) is 26.0 Å². The SMILES string of the molecule is C/C=C(/O[C@@H]1CCCO1)C(=O)OC. The van der Waals surface area contributed by atoms with E-state index in [1.807, 2.05) is 0 Å². The Morgan fingerprint density at radius 3 is 2.85 bits per heavy atom. The van der Waals surface area contributed by atoms with E-state index in [-0.39, 0.29) is 12.0 Å². The van der Waals surface area contributed by atoms with Gasteiger partial charge in [-0.1, -0.05) is 0 Å². The second-order valence-corrected chi connectivity index (χ2v) is 2.70. The first-order chi connectivity index (χ1) is 6.27. The molecule has 0 amide bonds. The van der Waals surface area contributed by atoms with Gasteiger partial charge >= 0.3 is 5.97 Å². The van der Waals surface area contributed by atoms with Crippen LogP contribution in [0.3, 0.4) is 0 Å². The second kappa shape index (κ2) is 4.87. The minimum Gasteiger partial charge on any atom is -0.463 e. The summed E-state index contributed by atoms with van der Waals surface area (Å²) >= 11 is 0. The molecule has 0 bridgehead atoms. The van der Waals surface area contributed by atoms with E-state index < -0.39 is 5.97 Å². The Morgan fingerprint density at radius 2 is 2.38 bits per heavy atom. The lowest BCUT2D eigenvalue weighted by molar-refractivity contribution is -0.148. The average molecular weight is 186 g/mol. The van der Waals surface area contributed by atoms with Gasteiger partial charge in [0.15, 0.2) is 6.29 Å². The molecule has 0 aromatic rings. The van der Waals surface area contributed by atoms with Gasteiger partial charge in [-0.05, 0) is 19.4 Å². The van der Waals surface area contributed by atoms with Crippen molar-refractivity contribution in [3.63, 3.8) is 0 Å². The molecule has 74 valence electrons. The van der Waals surface area contributed by atoms with Crippen LogP contribution in [0.1, 0.15) is 19.8 Å². The number of carbonyl (C=O) groups is 1. The highest BCUT2D eigenvalue weighted by Crippen LogP contribution is 2.16. The summed E-state index contributed by atoms with van der Waals surface area (Å²) < 4.78 is 15.0. The fourth-order valence-corrected chi connectivity index (χ4v) is 1.12. The van der Waals surface area contributed by atoms with Gasteiger partial charge in [-0.25, -0.2) is 4.79 Å². The molecule has 0 aliphatic carbocycles. The van der Waals surface area contributed by atoms with Gasteiger partial charge in [-0.2, -0.15) is 0 Å². The maximum atomic E-state index is 11.1. The van der Waals surface area contributed by atoms with Crippen molar-refractivity contribution in [1.29, 1.82) is 0 Å². The number of ether oxygens (including phenoxy) is 3. The van der Waals surface area contributed by atoms with Crippen molar-refractivity contribution in [2.45, 2.75) is 26.1 Å². The maximum absolute atomic E-state index is 11.1.